The van der Waals surface area contributed by atoms with Gasteiger partial charge in [0.2, 0.25) is 5.89 Å². The number of aromatic nitrogens is 1. The second-order valence-electron chi connectivity index (χ2n) is 8.76. The molecule has 1 saturated heterocycles. The number of likely N-dealkylation sites (tertiary alicyclic amines) is 1. The van der Waals surface area contributed by atoms with Crippen molar-refractivity contribution in [2.45, 2.75) is 59.4 Å². The average Bonchev–Trinajstić information content (AvgIpc) is 3.09. The van der Waals surface area contributed by atoms with E-state index in [0.29, 0.717) is 11.7 Å². The largest absolute Gasteiger partial charge is 0.441 e. The topological polar surface area (TPSA) is 49.6 Å². The molecule has 0 saturated carbocycles. The van der Waals surface area contributed by atoms with Gasteiger partial charge >= 0.3 is 0 Å². The van der Waals surface area contributed by atoms with Gasteiger partial charge in [-0.25, -0.2) is 4.98 Å². The van der Waals surface area contributed by atoms with Gasteiger partial charge in [0.25, 0.3) is 0 Å². The van der Waals surface area contributed by atoms with Crippen molar-refractivity contribution in [1.29, 1.82) is 0 Å². The van der Waals surface area contributed by atoms with Crippen LogP contribution < -0.4 is 0 Å². The third kappa shape index (κ3) is 6.02. The molecule has 2 heterocycles. The third-order valence-corrected chi connectivity index (χ3v) is 6.25. The van der Waals surface area contributed by atoms with Crippen molar-refractivity contribution in [3.63, 3.8) is 0 Å². The maximum absolute atomic E-state index is 12.6. The maximum Gasteiger partial charge on any atom is 0.226 e. The standard InChI is InChI=1S/C25H37N3O2/c1-5-14-27(4)15-8-11-24(29)21-12-16-28(17-13-21)18-23-20(3)30-25(26-23)22-10-7-6-9-19(22)2/h6-7,9-10,21H,5,8,11-18H2,1-4H3. The number of rotatable bonds is 10. The predicted octanol–water partition coefficient (Wildman–Crippen LogP) is 4.86. The zero-order valence-electron chi connectivity index (χ0n) is 19.1. The van der Waals surface area contributed by atoms with Gasteiger partial charge in [-0.3, -0.25) is 9.69 Å². The number of aryl methyl sites for hydroxylation is 2. The lowest BCUT2D eigenvalue weighted by Crippen LogP contribution is -2.36. The fourth-order valence-corrected chi connectivity index (χ4v) is 4.35. The number of hydrogen-bond acceptors (Lipinski definition) is 5. The lowest BCUT2D eigenvalue weighted by Gasteiger charge is -2.30. The molecule has 0 aliphatic carbocycles. The molecule has 1 aliphatic rings. The van der Waals surface area contributed by atoms with Crippen molar-refractivity contribution in [3.8, 4) is 11.5 Å². The van der Waals surface area contributed by atoms with Gasteiger partial charge in [-0.05, 0) is 84.4 Å². The van der Waals surface area contributed by atoms with Crippen LogP contribution in [0, 0.1) is 19.8 Å². The number of benzene rings is 1. The summed E-state index contributed by atoms with van der Waals surface area (Å²) in [4.78, 5) is 22.1. The van der Waals surface area contributed by atoms with Crippen LogP contribution in [0.3, 0.4) is 0 Å². The smallest absolute Gasteiger partial charge is 0.226 e. The SMILES string of the molecule is CCCN(C)CCCC(=O)C1CCN(Cc2nc(-c3ccccc3C)oc2C)CC1. The number of carbonyl (C=O) groups excluding carboxylic acids is 1. The summed E-state index contributed by atoms with van der Waals surface area (Å²) in [7, 11) is 2.14. The van der Waals surface area contributed by atoms with Crippen molar-refractivity contribution in [3.05, 3.63) is 41.3 Å². The first kappa shape index (κ1) is 22.7. The molecule has 0 atom stereocenters. The summed E-state index contributed by atoms with van der Waals surface area (Å²) in [6.45, 7) is 11.1. The molecule has 1 aliphatic heterocycles. The number of ketones is 1. The Morgan fingerprint density at radius 1 is 1.20 bits per heavy atom. The van der Waals surface area contributed by atoms with E-state index in [1.165, 1.54) is 12.0 Å². The van der Waals surface area contributed by atoms with Crippen molar-refractivity contribution >= 4 is 5.78 Å². The van der Waals surface area contributed by atoms with E-state index in [4.69, 9.17) is 9.40 Å². The number of oxazole rings is 1. The highest BCUT2D eigenvalue weighted by Gasteiger charge is 2.25. The van der Waals surface area contributed by atoms with E-state index in [1.54, 1.807) is 0 Å². The monoisotopic (exact) mass is 411 g/mol. The normalized spacial score (nSPS) is 15.8. The molecule has 3 rings (SSSR count). The predicted molar refractivity (Wildman–Crippen MR) is 121 cm³/mol. The number of hydrogen-bond donors (Lipinski definition) is 0. The molecule has 0 spiro atoms. The van der Waals surface area contributed by atoms with Crippen molar-refractivity contribution in [2.24, 2.45) is 5.92 Å². The summed E-state index contributed by atoms with van der Waals surface area (Å²) in [5.41, 5.74) is 3.24. The Bertz CT molecular complexity index is 822. The molecule has 1 aromatic carbocycles. The summed E-state index contributed by atoms with van der Waals surface area (Å²) in [5, 5.41) is 0. The Morgan fingerprint density at radius 2 is 1.93 bits per heavy atom. The number of carbonyl (C=O) groups is 1. The summed E-state index contributed by atoms with van der Waals surface area (Å²) in [6, 6.07) is 8.19. The van der Waals surface area contributed by atoms with Gasteiger partial charge in [0.1, 0.15) is 11.5 Å². The molecule has 0 bridgehead atoms. The van der Waals surface area contributed by atoms with E-state index in [1.807, 2.05) is 19.1 Å². The molecule has 2 aromatic rings. The molecule has 0 radical (unpaired) electrons. The van der Waals surface area contributed by atoms with Crippen LogP contribution in [-0.2, 0) is 11.3 Å². The minimum atomic E-state index is 0.235. The molecule has 0 unspecified atom stereocenters. The Kier molecular flexibility index (Phi) is 8.23. The fraction of sp³-hybridized carbons (Fsp3) is 0.600. The van der Waals surface area contributed by atoms with Gasteiger partial charge in [0, 0.05) is 24.4 Å². The minimum absolute atomic E-state index is 0.235. The van der Waals surface area contributed by atoms with E-state index in [9.17, 15) is 4.79 Å². The molecule has 164 valence electrons. The molecule has 0 N–H and O–H groups in total. The number of piperidine rings is 1. The van der Waals surface area contributed by atoms with E-state index >= 15 is 0 Å². The Labute approximate surface area is 181 Å². The Morgan fingerprint density at radius 3 is 2.63 bits per heavy atom. The van der Waals surface area contributed by atoms with E-state index < -0.39 is 0 Å². The second kappa shape index (κ2) is 10.9. The van der Waals surface area contributed by atoms with Gasteiger partial charge in [-0.2, -0.15) is 0 Å². The average molecular weight is 412 g/mol. The van der Waals surface area contributed by atoms with Crippen molar-refractivity contribution < 1.29 is 9.21 Å². The molecule has 5 nitrogen and oxygen atoms in total. The van der Waals surface area contributed by atoms with Gasteiger partial charge in [0.05, 0.1) is 5.69 Å². The Balaban J connectivity index is 1.47. The lowest BCUT2D eigenvalue weighted by molar-refractivity contribution is -0.124. The van der Waals surface area contributed by atoms with Crippen LogP contribution in [0.1, 0.15) is 56.0 Å². The van der Waals surface area contributed by atoms with Crippen LogP contribution in [0.15, 0.2) is 28.7 Å². The van der Waals surface area contributed by atoms with Gasteiger partial charge in [-0.1, -0.05) is 25.1 Å². The van der Waals surface area contributed by atoms with Crippen LogP contribution in [0.5, 0.6) is 0 Å². The summed E-state index contributed by atoms with van der Waals surface area (Å²) in [6.07, 6.45) is 4.80. The molecule has 5 heteroatoms. The van der Waals surface area contributed by atoms with Gasteiger partial charge < -0.3 is 9.32 Å². The highest BCUT2D eigenvalue weighted by atomic mass is 16.4. The van der Waals surface area contributed by atoms with Crippen LogP contribution in [0.2, 0.25) is 0 Å². The number of Topliss-reactive ketones (excluding diaryl/α,β-unsaturated/α-hetero) is 1. The van der Waals surface area contributed by atoms with Crippen LogP contribution >= 0.6 is 0 Å². The van der Waals surface area contributed by atoms with Crippen molar-refractivity contribution in [2.75, 3.05) is 33.2 Å². The van der Waals surface area contributed by atoms with E-state index in [-0.39, 0.29) is 5.92 Å². The van der Waals surface area contributed by atoms with Gasteiger partial charge in [-0.15, -0.1) is 0 Å². The molecule has 30 heavy (non-hydrogen) atoms. The molecular weight excluding hydrogens is 374 g/mol. The van der Waals surface area contributed by atoms with Crippen LogP contribution in [0.4, 0.5) is 0 Å². The first-order valence-electron chi connectivity index (χ1n) is 11.4. The second-order valence-corrected chi connectivity index (χ2v) is 8.76. The zero-order valence-corrected chi connectivity index (χ0v) is 19.1. The third-order valence-electron chi connectivity index (χ3n) is 6.25. The highest BCUT2D eigenvalue weighted by molar-refractivity contribution is 5.81. The first-order chi connectivity index (χ1) is 14.5. The molecule has 0 amide bonds. The Hall–Kier alpha value is -1.98. The van der Waals surface area contributed by atoms with Crippen LogP contribution in [-0.4, -0.2) is 53.8 Å². The first-order valence-corrected chi connectivity index (χ1v) is 11.4. The van der Waals surface area contributed by atoms with Crippen LogP contribution in [0.25, 0.3) is 11.5 Å². The maximum atomic E-state index is 12.6. The fourth-order valence-electron chi connectivity index (χ4n) is 4.35. The molecule has 1 aromatic heterocycles. The van der Waals surface area contributed by atoms with Crippen molar-refractivity contribution in [1.82, 2.24) is 14.8 Å². The summed E-state index contributed by atoms with van der Waals surface area (Å²) < 4.78 is 5.97. The van der Waals surface area contributed by atoms with Gasteiger partial charge in [0.15, 0.2) is 0 Å². The quantitative estimate of drug-likeness (QED) is 0.559. The molecular formula is C25H37N3O2. The lowest BCUT2D eigenvalue weighted by atomic mass is 9.90. The van der Waals surface area contributed by atoms with E-state index in [2.05, 4.69) is 42.8 Å². The highest BCUT2D eigenvalue weighted by Crippen LogP contribution is 2.27. The summed E-state index contributed by atoms with van der Waals surface area (Å²) >= 11 is 0. The molecule has 1 fully saturated rings. The zero-order chi connectivity index (χ0) is 21.5. The van der Waals surface area contributed by atoms with E-state index in [0.717, 1.165) is 75.4 Å². The number of nitrogens with zero attached hydrogens (tertiary/aromatic N) is 3. The summed E-state index contributed by atoms with van der Waals surface area (Å²) in [5.74, 6) is 2.29. The minimum Gasteiger partial charge on any atom is -0.441 e.